The fraction of sp³-hybridized carbons (Fsp3) is 0.833. The molecule has 0 aliphatic heterocycles. The first-order valence-corrected chi connectivity index (χ1v) is 26.0. The maximum atomic E-state index is 12.8. The zero-order chi connectivity index (χ0) is 43.7. The molecule has 350 valence electrons. The van der Waals surface area contributed by atoms with Crippen LogP contribution in [0.3, 0.4) is 0 Å². The fourth-order valence-corrected chi connectivity index (χ4v) is 7.41. The molecule has 0 saturated carbocycles. The van der Waals surface area contributed by atoms with Gasteiger partial charge < -0.3 is 14.2 Å². The molecule has 6 heteroatoms. The average molecular weight is 843 g/mol. The van der Waals surface area contributed by atoms with Crippen molar-refractivity contribution < 1.29 is 28.6 Å². The minimum absolute atomic E-state index is 0.0775. The van der Waals surface area contributed by atoms with Crippen molar-refractivity contribution >= 4 is 17.9 Å². The van der Waals surface area contributed by atoms with E-state index in [-0.39, 0.29) is 31.1 Å². The van der Waals surface area contributed by atoms with Crippen LogP contribution in [0.5, 0.6) is 0 Å². The van der Waals surface area contributed by atoms with Crippen LogP contribution in [0.2, 0.25) is 0 Å². The zero-order valence-electron chi connectivity index (χ0n) is 40.0. The van der Waals surface area contributed by atoms with Gasteiger partial charge in [-0.1, -0.05) is 211 Å². The smallest absolute Gasteiger partial charge is 0.306 e. The van der Waals surface area contributed by atoms with Crippen LogP contribution in [-0.4, -0.2) is 37.2 Å². The van der Waals surface area contributed by atoms with Crippen LogP contribution in [0.25, 0.3) is 0 Å². The molecule has 0 N–H and O–H groups in total. The highest BCUT2D eigenvalue weighted by atomic mass is 16.6. The largest absolute Gasteiger partial charge is 0.462 e. The first-order valence-electron chi connectivity index (χ1n) is 26.0. The van der Waals surface area contributed by atoms with E-state index >= 15 is 0 Å². The van der Waals surface area contributed by atoms with Crippen LogP contribution in [-0.2, 0) is 28.6 Å². The summed E-state index contributed by atoms with van der Waals surface area (Å²) in [5.74, 6) is -0.893. The van der Waals surface area contributed by atoms with Crippen molar-refractivity contribution in [3.8, 4) is 0 Å². The number of unbranched alkanes of at least 4 members (excludes halogenated alkanes) is 30. The number of carbonyl (C=O) groups excluding carboxylic acids is 3. The number of esters is 3. The minimum Gasteiger partial charge on any atom is -0.462 e. The lowest BCUT2D eigenvalue weighted by Gasteiger charge is -2.18. The highest BCUT2D eigenvalue weighted by Gasteiger charge is 2.19. The van der Waals surface area contributed by atoms with Gasteiger partial charge in [0.25, 0.3) is 0 Å². The second-order valence-electron chi connectivity index (χ2n) is 17.4. The maximum absolute atomic E-state index is 12.8. The predicted molar refractivity (Wildman–Crippen MR) is 256 cm³/mol. The van der Waals surface area contributed by atoms with Gasteiger partial charge in [-0.2, -0.15) is 0 Å². The van der Waals surface area contributed by atoms with Crippen LogP contribution >= 0.6 is 0 Å². The molecule has 0 radical (unpaired) electrons. The molecule has 0 amide bonds. The molecule has 1 unspecified atom stereocenters. The van der Waals surface area contributed by atoms with Crippen LogP contribution in [0.1, 0.15) is 271 Å². The second-order valence-corrected chi connectivity index (χ2v) is 17.4. The number of allylic oxidation sites excluding steroid dienone is 6. The van der Waals surface area contributed by atoms with E-state index in [0.29, 0.717) is 19.3 Å². The van der Waals surface area contributed by atoms with Crippen molar-refractivity contribution in [3.63, 3.8) is 0 Å². The fourth-order valence-electron chi connectivity index (χ4n) is 7.41. The van der Waals surface area contributed by atoms with E-state index in [1.165, 1.54) is 148 Å². The lowest BCUT2D eigenvalue weighted by molar-refractivity contribution is -0.167. The summed E-state index contributed by atoms with van der Waals surface area (Å²) in [6.45, 7) is 6.60. The van der Waals surface area contributed by atoms with Crippen LogP contribution in [0.15, 0.2) is 36.5 Å². The zero-order valence-corrected chi connectivity index (χ0v) is 40.0. The van der Waals surface area contributed by atoms with Crippen molar-refractivity contribution in [1.82, 2.24) is 0 Å². The van der Waals surface area contributed by atoms with Crippen molar-refractivity contribution in [1.29, 1.82) is 0 Å². The Morgan fingerprint density at radius 1 is 0.333 bits per heavy atom. The standard InChI is InChI=1S/C54H98O6/c1-4-7-10-13-16-19-22-24-26-28-30-32-35-38-41-44-47-53(56)59-50-51(49-58-52(55)46-43-40-37-34-21-18-15-12-9-6-3)60-54(57)48-45-42-39-36-33-31-29-27-25-23-20-17-14-11-8-5-2/h19,22,26-29,51H,4-18,20-21,23-25,30-50H2,1-3H3/b22-19-,28-26-,29-27-. The van der Waals surface area contributed by atoms with Gasteiger partial charge >= 0.3 is 17.9 Å². The van der Waals surface area contributed by atoms with Gasteiger partial charge in [0.2, 0.25) is 0 Å². The Kier molecular flexibility index (Phi) is 47.3. The average Bonchev–Trinajstić information content (AvgIpc) is 3.24. The summed E-state index contributed by atoms with van der Waals surface area (Å²) in [4.78, 5) is 37.9. The topological polar surface area (TPSA) is 78.9 Å². The summed E-state index contributed by atoms with van der Waals surface area (Å²) in [5.41, 5.74) is 0. The summed E-state index contributed by atoms with van der Waals surface area (Å²) in [5, 5.41) is 0. The monoisotopic (exact) mass is 843 g/mol. The van der Waals surface area contributed by atoms with E-state index in [0.717, 1.165) is 83.5 Å². The maximum Gasteiger partial charge on any atom is 0.306 e. The van der Waals surface area contributed by atoms with Crippen LogP contribution in [0.4, 0.5) is 0 Å². The van der Waals surface area contributed by atoms with Crippen molar-refractivity contribution in [2.75, 3.05) is 13.2 Å². The van der Waals surface area contributed by atoms with Crippen molar-refractivity contribution in [2.45, 2.75) is 277 Å². The molecule has 0 aliphatic carbocycles. The summed E-state index contributed by atoms with van der Waals surface area (Å²) in [6.07, 6.45) is 57.0. The Labute approximate surface area is 372 Å². The quantitative estimate of drug-likeness (QED) is 0.0263. The van der Waals surface area contributed by atoms with E-state index < -0.39 is 6.10 Å². The molecule has 0 aromatic rings. The third kappa shape index (κ3) is 46.7. The highest BCUT2D eigenvalue weighted by molar-refractivity contribution is 5.71. The Morgan fingerprint density at radius 3 is 0.950 bits per heavy atom. The van der Waals surface area contributed by atoms with Gasteiger partial charge in [0.05, 0.1) is 0 Å². The van der Waals surface area contributed by atoms with Gasteiger partial charge in [-0.25, -0.2) is 0 Å². The molecule has 0 spiro atoms. The third-order valence-corrected chi connectivity index (χ3v) is 11.4. The van der Waals surface area contributed by atoms with Gasteiger partial charge in [-0.05, 0) is 77.0 Å². The number of hydrogen-bond acceptors (Lipinski definition) is 6. The highest BCUT2D eigenvalue weighted by Crippen LogP contribution is 2.15. The normalized spacial score (nSPS) is 12.2. The van der Waals surface area contributed by atoms with E-state index in [1.54, 1.807) is 0 Å². The number of hydrogen-bond donors (Lipinski definition) is 0. The van der Waals surface area contributed by atoms with E-state index in [1.807, 2.05) is 0 Å². The van der Waals surface area contributed by atoms with Gasteiger partial charge in [0, 0.05) is 19.3 Å². The second kappa shape index (κ2) is 49.3. The van der Waals surface area contributed by atoms with E-state index in [4.69, 9.17) is 14.2 Å². The van der Waals surface area contributed by atoms with Gasteiger partial charge in [-0.3, -0.25) is 14.4 Å². The molecular weight excluding hydrogens is 745 g/mol. The van der Waals surface area contributed by atoms with Gasteiger partial charge in [-0.15, -0.1) is 0 Å². The Morgan fingerprint density at radius 2 is 0.600 bits per heavy atom. The van der Waals surface area contributed by atoms with Crippen molar-refractivity contribution in [2.24, 2.45) is 0 Å². The Balaban J connectivity index is 4.36. The Hall–Kier alpha value is -2.37. The van der Waals surface area contributed by atoms with Gasteiger partial charge in [0.1, 0.15) is 13.2 Å². The minimum atomic E-state index is -0.778. The van der Waals surface area contributed by atoms with E-state index in [2.05, 4.69) is 57.2 Å². The molecule has 0 aromatic heterocycles. The predicted octanol–water partition coefficient (Wildman–Crippen LogP) is 16.9. The molecule has 0 bridgehead atoms. The molecule has 0 fully saturated rings. The molecule has 0 heterocycles. The molecule has 0 aliphatic rings. The van der Waals surface area contributed by atoms with Crippen LogP contribution in [0, 0.1) is 0 Å². The number of carbonyl (C=O) groups is 3. The van der Waals surface area contributed by atoms with E-state index in [9.17, 15) is 14.4 Å². The van der Waals surface area contributed by atoms with Crippen molar-refractivity contribution in [3.05, 3.63) is 36.5 Å². The summed E-state index contributed by atoms with van der Waals surface area (Å²) >= 11 is 0. The SMILES string of the molecule is CCCCCC/C=C\C/C=C\CCCCCCCC(=O)OCC(COC(=O)CCCCCCCCCCCC)OC(=O)CCCCCCC/C=C\CCCCCCCCC. The summed E-state index contributed by atoms with van der Waals surface area (Å²) < 4.78 is 16.8. The number of ether oxygens (including phenoxy) is 3. The summed E-state index contributed by atoms with van der Waals surface area (Å²) in [7, 11) is 0. The molecule has 0 rings (SSSR count). The molecule has 0 saturated heterocycles. The first kappa shape index (κ1) is 57.6. The lowest BCUT2D eigenvalue weighted by atomic mass is 10.1. The van der Waals surface area contributed by atoms with Gasteiger partial charge in [0.15, 0.2) is 6.10 Å². The number of rotatable bonds is 47. The lowest BCUT2D eigenvalue weighted by Crippen LogP contribution is -2.30. The van der Waals surface area contributed by atoms with Crippen LogP contribution < -0.4 is 0 Å². The third-order valence-electron chi connectivity index (χ3n) is 11.4. The molecule has 6 nitrogen and oxygen atoms in total. The molecule has 60 heavy (non-hydrogen) atoms. The molecular formula is C54H98O6. The summed E-state index contributed by atoms with van der Waals surface area (Å²) in [6, 6.07) is 0. The molecule has 1 atom stereocenters. The first-order chi connectivity index (χ1) is 29.5. The molecule has 0 aromatic carbocycles. The Bertz CT molecular complexity index is 1020.